The SMILES string of the molecule is COc1cc(OC)cc(C(=O)N[C@H](CCSC)C(=O)[O-])c1. The molecule has 1 N–H and O–H groups in total. The topological polar surface area (TPSA) is 87.7 Å². The number of carboxylic acid groups (broad SMARTS) is 1. The number of benzene rings is 1. The van der Waals surface area contributed by atoms with E-state index in [1.54, 1.807) is 6.07 Å². The molecule has 6 nitrogen and oxygen atoms in total. The van der Waals surface area contributed by atoms with Crippen LogP contribution in [-0.2, 0) is 4.79 Å². The molecular formula is C14H18NO5S-. The zero-order chi connectivity index (χ0) is 15.8. The molecule has 0 aliphatic carbocycles. The number of nitrogens with one attached hydrogen (secondary N) is 1. The summed E-state index contributed by atoms with van der Waals surface area (Å²) in [7, 11) is 2.94. The van der Waals surface area contributed by atoms with Gasteiger partial charge in [-0.25, -0.2) is 0 Å². The number of amides is 1. The summed E-state index contributed by atoms with van der Waals surface area (Å²) >= 11 is 1.50. The highest BCUT2D eigenvalue weighted by Gasteiger charge is 2.16. The number of rotatable bonds is 8. The summed E-state index contributed by atoms with van der Waals surface area (Å²) in [4.78, 5) is 23.2. The Bertz CT molecular complexity index is 484. The predicted molar refractivity (Wildman–Crippen MR) is 78.8 cm³/mol. The van der Waals surface area contributed by atoms with Gasteiger partial charge in [-0.05, 0) is 30.6 Å². The highest BCUT2D eigenvalue weighted by molar-refractivity contribution is 7.98. The number of methoxy groups -OCH3 is 2. The van der Waals surface area contributed by atoms with E-state index in [1.807, 2.05) is 6.26 Å². The lowest BCUT2D eigenvalue weighted by Crippen LogP contribution is -2.48. The van der Waals surface area contributed by atoms with E-state index in [9.17, 15) is 14.7 Å². The highest BCUT2D eigenvalue weighted by Crippen LogP contribution is 2.22. The van der Waals surface area contributed by atoms with Crippen LogP contribution in [0.15, 0.2) is 18.2 Å². The second-order valence-electron chi connectivity index (χ2n) is 4.23. The van der Waals surface area contributed by atoms with Crippen molar-refractivity contribution in [1.29, 1.82) is 0 Å². The number of hydrogen-bond donors (Lipinski definition) is 1. The average Bonchev–Trinajstić information content (AvgIpc) is 2.50. The number of thioether (sulfide) groups is 1. The first-order valence-corrected chi connectivity index (χ1v) is 7.65. The van der Waals surface area contributed by atoms with Gasteiger partial charge in [0, 0.05) is 11.6 Å². The van der Waals surface area contributed by atoms with Gasteiger partial charge < -0.3 is 24.7 Å². The molecule has 1 aromatic rings. The van der Waals surface area contributed by atoms with E-state index in [-0.39, 0.29) is 5.56 Å². The second-order valence-corrected chi connectivity index (χ2v) is 5.21. The minimum absolute atomic E-state index is 0.265. The van der Waals surface area contributed by atoms with E-state index in [0.29, 0.717) is 23.7 Å². The Morgan fingerprint density at radius 2 is 1.81 bits per heavy atom. The molecule has 1 aromatic carbocycles. The molecule has 21 heavy (non-hydrogen) atoms. The smallest absolute Gasteiger partial charge is 0.252 e. The van der Waals surface area contributed by atoms with Gasteiger partial charge in [0.05, 0.1) is 26.2 Å². The summed E-state index contributed by atoms with van der Waals surface area (Å²) in [6.45, 7) is 0. The van der Waals surface area contributed by atoms with Crippen LogP contribution >= 0.6 is 11.8 Å². The van der Waals surface area contributed by atoms with Crippen LogP contribution in [0.3, 0.4) is 0 Å². The van der Waals surface area contributed by atoms with Crippen LogP contribution in [0.25, 0.3) is 0 Å². The van der Waals surface area contributed by atoms with Gasteiger partial charge in [0.25, 0.3) is 5.91 Å². The molecule has 0 saturated heterocycles. The summed E-state index contributed by atoms with van der Waals surface area (Å²) in [6, 6.07) is 3.63. The standard InChI is InChI=1S/C14H19NO5S/c1-19-10-6-9(7-11(8-10)20-2)13(16)15-12(14(17)18)4-5-21-3/h6-8,12H,4-5H2,1-3H3,(H,15,16)(H,17,18)/p-1/t12-/m1/s1. The van der Waals surface area contributed by atoms with Crippen LogP contribution in [0.1, 0.15) is 16.8 Å². The summed E-state index contributed by atoms with van der Waals surface area (Å²) < 4.78 is 10.1. The molecule has 116 valence electrons. The fourth-order valence-corrected chi connectivity index (χ4v) is 2.14. The van der Waals surface area contributed by atoms with Gasteiger partial charge in [0.1, 0.15) is 11.5 Å². The Labute approximate surface area is 127 Å². The van der Waals surface area contributed by atoms with E-state index < -0.39 is 17.9 Å². The van der Waals surface area contributed by atoms with Gasteiger partial charge in [0.15, 0.2) is 0 Å². The average molecular weight is 312 g/mol. The molecule has 0 bridgehead atoms. The van der Waals surface area contributed by atoms with Crippen molar-refractivity contribution in [2.24, 2.45) is 0 Å². The minimum atomic E-state index is -1.30. The molecule has 0 saturated carbocycles. The fraction of sp³-hybridized carbons (Fsp3) is 0.429. The van der Waals surface area contributed by atoms with Gasteiger partial charge in [0.2, 0.25) is 0 Å². The summed E-state index contributed by atoms with van der Waals surface area (Å²) in [5, 5.41) is 13.5. The monoisotopic (exact) mass is 312 g/mol. The van der Waals surface area contributed by atoms with Crippen molar-refractivity contribution >= 4 is 23.6 Å². The van der Waals surface area contributed by atoms with Gasteiger partial charge in [-0.3, -0.25) is 4.79 Å². The number of hydrogen-bond acceptors (Lipinski definition) is 6. The van der Waals surface area contributed by atoms with E-state index in [0.717, 1.165) is 0 Å². The van der Waals surface area contributed by atoms with Crippen LogP contribution in [0.5, 0.6) is 11.5 Å². The Morgan fingerprint density at radius 3 is 2.24 bits per heavy atom. The molecule has 0 heterocycles. The van der Waals surface area contributed by atoms with E-state index >= 15 is 0 Å². The van der Waals surface area contributed by atoms with E-state index in [4.69, 9.17) is 9.47 Å². The van der Waals surface area contributed by atoms with E-state index in [2.05, 4.69) is 5.32 Å². The number of aliphatic carboxylic acids is 1. The van der Waals surface area contributed by atoms with Crippen LogP contribution < -0.4 is 19.9 Å². The van der Waals surface area contributed by atoms with Crippen LogP contribution in [-0.4, -0.2) is 44.1 Å². The lowest BCUT2D eigenvalue weighted by Gasteiger charge is -2.19. The molecule has 7 heteroatoms. The number of ether oxygens (including phenoxy) is 2. The third-order valence-electron chi connectivity index (χ3n) is 2.81. The zero-order valence-electron chi connectivity index (χ0n) is 12.2. The fourth-order valence-electron chi connectivity index (χ4n) is 1.66. The predicted octanol–water partition coefficient (Wildman–Crippen LogP) is 0.305. The second kappa shape index (κ2) is 8.41. The molecule has 0 aromatic heterocycles. The Balaban J connectivity index is 2.88. The molecule has 0 aliphatic rings. The minimum Gasteiger partial charge on any atom is -0.548 e. The zero-order valence-corrected chi connectivity index (χ0v) is 13.0. The van der Waals surface area contributed by atoms with Crippen LogP contribution in [0, 0.1) is 0 Å². The first-order chi connectivity index (χ1) is 10.0. The third kappa shape index (κ3) is 5.18. The number of carboxylic acids is 1. The van der Waals surface area contributed by atoms with Crippen molar-refractivity contribution in [2.75, 3.05) is 26.2 Å². The number of carbonyl (C=O) groups is 2. The maximum Gasteiger partial charge on any atom is 0.252 e. The Hall–Kier alpha value is -1.89. The summed E-state index contributed by atoms with van der Waals surface area (Å²) in [5.41, 5.74) is 0.265. The van der Waals surface area contributed by atoms with Crippen molar-refractivity contribution in [3.63, 3.8) is 0 Å². The maximum atomic E-state index is 12.1. The summed E-state index contributed by atoms with van der Waals surface area (Å²) in [5.74, 6) is -0.294. The molecular weight excluding hydrogens is 294 g/mol. The molecule has 1 rings (SSSR count). The lowest BCUT2D eigenvalue weighted by atomic mass is 10.1. The largest absolute Gasteiger partial charge is 0.548 e. The van der Waals surface area contributed by atoms with Crippen LogP contribution in [0.4, 0.5) is 0 Å². The third-order valence-corrected chi connectivity index (χ3v) is 3.46. The Morgan fingerprint density at radius 1 is 1.24 bits per heavy atom. The summed E-state index contributed by atoms with van der Waals surface area (Å²) in [6.07, 6.45) is 2.16. The molecule has 0 unspecified atom stereocenters. The van der Waals surface area contributed by atoms with Crippen LogP contribution in [0.2, 0.25) is 0 Å². The lowest BCUT2D eigenvalue weighted by molar-refractivity contribution is -0.308. The molecule has 0 radical (unpaired) electrons. The van der Waals surface area contributed by atoms with Gasteiger partial charge in [-0.2, -0.15) is 11.8 Å². The van der Waals surface area contributed by atoms with Gasteiger partial charge in [-0.15, -0.1) is 0 Å². The maximum absolute atomic E-state index is 12.1. The molecule has 0 spiro atoms. The normalized spacial score (nSPS) is 11.6. The van der Waals surface area contributed by atoms with Crippen molar-refractivity contribution in [2.45, 2.75) is 12.5 Å². The first kappa shape index (κ1) is 17.2. The first-order valence-electron chi connectivity index (χ1n) is 6.25. The van der Waals surface area contributed by atoms with Crippen molar-refractivity contribution in [3.05, 3.63) is 23.8 Å². The highest BCUT2D eigenvalue weighted by atomic mass is 32.2. The molecule has 1 atom stereocenters. The quantitative estimate of drug-likeness (QED) is 0.743. The van der Waals surface area contributed by atoms with Crippen molar-refractivity contribution < 1.29 is 24.2 Å². The molecule has 0 aliphatic heterocycles. The van der Waals surface area contributed by atoms with Crippen molar-refractivity contribution in [3.8, 4) is 11.5 Å². The van der Waals surface area contributed by atoms with E-state index in [1.165, 1.54) is 38.1 Å². The van der Waals surface area contributed by atoms with Gasteiger partial charge in [-0.1, -0.05) is 0 Å². The Kier molecular flexibility index (Phi) is 6.87. The van der Waals surface area contributed by atoms with Gasteiger partial charge >= 0.3 is 0 Å². The molecule has 1 amide bonds. The molecule has 0 fully saturated rings. The van der Waals surface area contributed by atoms with Crippen molar-refractivity contribution in [1.82, 2.24) is 5.32 Å². The number of carbonyl (C=O) groups excluding carboxylic acids is 2.